The summed E-state index contributed by atoms with van der Waals surface area (Å²) in [6, 6.07) is 5.99. The lowest BCUT2D eigenvalue weighted by Gasteiger charge is -2.22. The van der Waals surface area contributed by atoms with E-state index in [4.69, 9.17) is 16.3 Å². The molecule has 8 nitrogen and oxygen atoms in total. The molecule has 0 amide bonds. The summed E-state index contributed by atoms with van der Waals surface area (Å²) in [6.07, 6.45) is 2.68. The van der Waals surface area contributed by atoms with E-state index in [-0.39, 0.29) is 6.04 Å². The van der Waals surface area contributed by atoms with E-state index in [0.29, 0.717) is 11.6 Å². The molecule has 2 heterocycles. The van der Waals surface area contributed by atoms with Crippen LogP contribution in [0.15, 0.2) is 29.5 Å². The van der Waals surface area contributed by atoms with Gasteiger partial charge in [-0.2, -0.15) is 0 Å². The van der Waals surface area contributed by atoms with Gasteiger partial charge in [-0.25, -0.2) is 4.99 Å². The fourth-order valence-electron chi connectivity index (χ4n) is 3.12. The zero-order chi connectivity index (χ0) is 19.2. The maximum absolute atomic E-state index is 6.18. The molecule has 0 saturated carbocycles. The summed E-state index contributed by atoms with van der Waals surface area (Å²) in [7, 11) is 3.60. The highest BCUT2D eigenvalue weighted by atomic mass is 35.5. The molecule has 1 aromatic heterocycles. The van der Waals surface area contributed by atoms with Gasteiger partial charge in [0.25, 0.3) is 0 Å². The number of aliphatic imine (C=N–C) groups is 1. The SMILES string of the molecule is CCNC(=NCc1nncn1C)NC1CCN(c2cc(Cl)ccc2OC)C1. The molecule has 1 aliphatic heterocycles. The summed E-state index contributed by atoms with van der Waals surface area (Å²) in [5.41, 5.74) is 1.02. The van der Waals surface area contributed by atoms with Crippen molar-refractivity contribution in [3.63, 3.8) is 0 Å². The Labute approximate surface area is 164 Å². The van der Waals surface area contributed by atoms with Crippen LogP contribution in [-0.2, 0) is 13.6 Å². The maximum atomic E-state index is 6.18. The van der Waals surface area contributed by atoms with Crippen LogP contribution in [-0.4, -0.2) is 53.5 Å². The lowest BCUT2D eigenvalue weighted by Crippen LogP contribution is -2.44. The number of guanidine groups is 1. The summed E-state index contributed by atoms with van der Waals surface area (Å²) in [5.74, 6) is 2.44. The van der Waals surface area contributed by atoms with Crippen LogP contribution in [0.25, 0.3) is 0 Å². The van der Waals surface area contributed by atoms with Crippen LogP contribution in [0, 0.1) is 0 Å². The van der Waals surface area contributed by atoms with Crippen molar-refractivity contribution < 1.29 is 4.74 Å². The lowest BCUT2D eigenvalue weighted by atomic mass is 10.2. The quantitative estimate of drug-likeness (QED) is 0.577. The fraction of sp³-hybridized carbons (Fsp3) is 0.500. The highest BCUT2D eigenvalue weighted by molar-refractivity contribution is 6.30. The molecule has 1 saturated heterocycles. The lowest BCUT2D eigenvalue weighted by molar-refractivity contribution is 0.415. The molecule has 0 radical (unpaired) electrons. The van der Waals surface area contributed by atoms with Crippen LogP contribution < -0.4 is 20.3 Å². The Hall–Kier alpha value is -2.48. The van der Waals surface area contributed by atoms with Crippen LogP contribution in [0.4, 0.5) is 5.69 Å². The second-order valence-electron chi connectivity index (χ2n) is 6.45. The number of halogens is 1. The molecule has 2 aromatic rings. The summed E-state index contributed by atoms with van der Waals surface area (Å²) < 4.78 is 7.36. The monoisotopic (exact) mass is 391 g/mol. The summed E-state index contributed by atoms with van der Waals surface area (Å²) in [6.45, 7) is 5.10. The second-order valence-corrected chi connectivity index (χ2v) is 6.88. The van der Waals surface area contributed by atoms with Crippen LogP contribution in [0.2, 0.25) is 5.02 Å². The molecule has 1 unspecified atom stereocenters. The van der Waals surface area contributed by atoms with Gasteiger partial charge in [0.05, 0.1) is 12.8 Å². The van der Waals surface area contributed by atoms with Gasteiger partial charge in [0.15, 0.2) is 11.8 Å². The average molecular weight is 392 g/mol. The van der Waals surface area contributed by atoms with Crippen molar-refractivity contribution in [2.75, 3.05) is 31.6 Å². The number of rotatable bonds is 6. The van der Waals surface area contributed by atoms with Gasteiger partial charge >= 0.3 is 0 Å². The predicted octanol–water partition coefficient (Wildman–Crippen LogP) is 1.81. The Morgan fingerprint density at radius 3 is 3.00 bits per heavy atom. The minimum Gasteiger partial charge on any atom is -0.495 e. The number of benzene rings is 1. The normalized spacial score (nSPS) is 17.3. The number of ether oxygens (including phenoxy) is 1. The third-order valence-electron chi connectivity index (χ3n) is 4.54. The van der Waals surface area contributed by atoms with Crippen molar-refractivity contribution >= 4 is 23.2 Å². The minimum atomic E-state index is 0.283. The first-order chi connectivity index (χ1) is 13.1. The molecule has 27 heavy (non-hydrogen) atoms. The molecule has 2 N–H and O–H groups in total. The van der Waals surface area contributed by atoms with Crippen LogP contribution in [0.3, 0.4) is 0 Å². The molecule has 0 aliphatic carbocycles. The number of aryl methyl sites for hydroxylation is 1. The standard InChI is InChI=1S/C18H26ClN7O/c1-4-20-18(21-10-17-24-22-12-25(17)2)23-14-7-8-26(11-14)15-9-13(19)5-6-16(15)27-3/h5-6,9,12,14H,4,7-8,10-11H2,1-3H3,(H2,20,21,23). The van der Waals surface area contributed by atoms with Crippen molar-refractivity contribution in [1.29, 1.82) is 0 Å². The number of aromatic nitrogens is 3. The van der Waals surface area contributed by atoms with Gasteiger partial charge in [-0.3, -0.25) is 0 Å². The van der Waals surface area contributed by atoms with Gasteiger partial charge < -0.3 is 24.8 Å². The molecular weight excluding hydrogens is 366 g/mol. The van der Waals surface area contributed by atoms with E-state index in [1.54, 1.807) is 13.4 Å². The number of nitrogens with zero attached hydrogens (tertiary/aromatic N) is 5. The molecule has 0 bridgehead atoms. The van der Waals surface area contributed by atoms with Crippen LogP contribution in [0.1, 0.15) is 19.2 Å². The number of nitrogens with one attached hydrogen (secondary N) is 2. The molecular formula is C18H26ClN7O. The van der Waals surface area contributed by atoms with Crippen molar-refractivity contribution in [1.82, 2.24) is 25.4 Å². The Morgan fingerprint density at radius 2 is 2.30 bits per heavy atom. The fourth-order valence-corrected chi connectivity index (χ4v) is 3.29. The maximum Gasteiger partial charge on any atom is 0.191 e. The zero-order valence-corrected chi connectivity index (χ0v) is 16.7. The van der Waals surface area contributed by atoms with E-state index in [0.717, 1.165) is 49.3 Å². The van der Waals surface area contributed by atoms with Gasteiger partial charge in [-0.1, -0.05) is 11.6 Å². The summed E-state index contributed by atoms with van der Waals surface area (Å²) in [5, 5.41) is 15.5. The highest BCUT2D eigenvalue weighted by Gasteiger charge is 2.25. The van der Waals surface area contributed by atoms with Crippen molar-refractivity contribution in [3.05, 3.63) is 35.4 Å². The van der Waals surface area contributed by atoms with Gasteiger partial charge in [0.2, 0.25) is 0 Å². The van der Waals surface area contributed by atoms with E-state index in [1.807, 2.05) is 29.8 Å². The average Bonchev–Trinajstić information content (AvgIpc) is 3.29. The Morgan fingerprint density at radius 1 is 1.44 bits per heavy atom. The molecule has 1 aliphatic rings. The van der Waals surface area contributed by atoms with E-state index in [9.17, 15) is 0 Å². The Bertz CT molecular complexity index is 792. The molecule has 1 atom stereocenters. The first kappa shape index (κ1) is 19.3. The third kappa shape index (κ3) is 4.82. The predicted molar refractivity (Wildman–Crippen MR) is 108 cm³/mol. The molecule has 146 valence electrons. The molecule has 0 spiro atoms. The first-order valence-corrected chi connectivity index (χ1v) is 9.44. The third-order valence-corrected chi connectivity index (χ3v) is 4.77. The molecule has 1 fully saturated rings. The van der Waals surface area contributed by atoms with Gasteiger partial charge in [0.1, 0.15) is 18.6 Å². The number of methoxy groups -OCH3 is 1. The van der Waals surface area contributed by atoms with E-state index < -0.39 is 0 Å². The summed E-state index contributed by atoms with van der Waals surface area (Å²) >= 11 is 6.18. The van der Waals surface area contributed by atoms with E-state index in [1.165, 1.54) is 0 Å². The van der Waals surface area contributed by atoms with Crippen LogP contribution >= 0.6 is 11.6 Å². The second kappa shape index (κ2) is 8.94. The Balaban J connectivity index is 1.65. The van der Waals surface area contributed by atoms with E-state index >= 15 is 0 Å². The van der Waals surface area contributed by atoms with Gasteiger partial charge in [0, 0.05) is 37.7 Å². The molecule has 9 heteroatoms. The zero-order valence-electron chi connectivity index (χ0n) is 15.9. The van der Waals surface area contributed by atoms with Gasteiger partial charge in [-0.15, -0.1) is 10.2 Å². The molecule has 1 aromatic carbocycles. The number of anilines is 1. The topological polar surface area (TPSA) is 79.6 Å². The van der Waals surface area contributed by atoms with Crippen molar-refractivity contribution in [2.45, 2.75) is 25.9 Å². The van der Waals surface area contributed by atoms with Gasteiger partial charge in [-0.05, 0) is 31.5 Å². The largest absolute Gasteiger partial charge is 0.495 e. The number of hydrogen-bond acceptors (Lipinski definition) is 5. The minimum absolute atomic E-state index is 0.283. The highest BCUT2D eigenvalue weighted by Crippen LogP contribution is 2.33. The van der Waals surface area contributed by atoms with Crippen LogP contribution in [0.5, 0.6) is 5.75 Å². The Kier molecular flexibility index (Phi) is 6.39. The van der Waals surface area contributed by atoms with E-state index in [2.05, 4.69) is 37.6 Å². The van der Waals surface area contributed by atoms with Crippen molar-refractivity contribution in [3.8, 4) is 5.75 Å². The van der Waals surface area contributed by atoms with Crippen molar-refractivity contribution in [2.24, 2.45) is 12.0 Å². The molecule has 3 rings (SSSR count). The first-order valence-electron chi connectivity index (χ1n) is 9.07. The summed E-state index contributed by atoms with van der Waals surface area (Å²) in [4.78, 5) is 6.92. The smallest absolute Gasteiger partial charge is 0.191 e. The number of hydrogen-bond donors (Lipinski definition) is 2.